The summed E-state index contributed by atoms with van der Waals surface area (Å²) in [5.41, 5.74) is 0.634. The van der Waals surface area contributed by atoms with E-state index in [1.54, 1.807) is 24.3 Å². The number of methoxy groups -OCH3 is 2. The molecule has 1 atom stereocenters. The molecule has 39 heavy (non-hydrogen) atoms. The van der Waals surface area contributed by atoms with Crippen LogP contribution in [0, 0.1) is 0 Å². The lowest BCUT2D eigenvalue weighted by Crippen LogP contribution is -2.33. The number of aliphatic hydroxyl groups excluding tert-OH is 1. The normalized spacial score (nSPS) is 16.6. The Bertz CT molecular complexity index is 1390. The van der Waals surface area contributed by atoms with E-state index >= 15 is 0 Å². The van der Waals surface area contributed by atoms with Crippen LogP contribution in [0.25, 0.3) is 5.76 Å². The predicted molar refractivity (Wildman–Crippen MR) is 148 cm³/mol. The molecular weight excluding hydrogens is 522 g/mol. The number of amides is 1. The van der Waals surface area contributed by atoms with Crippen LogP contribution < -0.4 is 14.2 Å². The van der Waals surface area contributed by atoms with Crippen LogP contribution in [0.4, 0.5) is 0 Å². The fourth-order valence-electron chi connectivity index (χ4n) is 4.41. The number of carbonyl (C=O) groups is 2. The van der Waals surface area contributed by atoms with Gasteiger partial charge in [-0.15, -0.1) is 0 Å². The van der Waals surface area contributed by atoms with Gasteiger partial charge in [-0.3, -0.25) is 9.59 Å². The number of hydrogen-bond donors (Lipinski definition) is 1. The van der Waals surface area contributed by atoms with Gasteiger partial charge in [0.25, 0.3) is 11.7 Å². The Morgan fingerprint density at radius 2 is 1.64 bits per heavy atom. The van der Waals surface area contributed by atoms with Crippen molar-refractivity contribution in [2.24, 2.45) is 0 Å². The highest BCUT2D eigenvalue weighted by Crippen LogP contribution is 2.43. The molecule has 0 bridgehead atoms. The molecule has 0 aromatic heterocycles. The molecule has 4 rings (SSSR count). The lowest BCUT2D eigenvalue weighted by atomic mass is 9.94. The highest BCUT2D eigenvalue weighted by atomic mass is 35.5. The number of carbonyl (C=O) groups excluding carboxylic acids is 2. The number of benzene rings is 3. The topological polar surface area (TPSA) is 94.5 Å². The van der Waals surface area contributed by atoms with Crippen molar-refractivity contribution in [3.63, 3.8) is 0 Å². The quantitative estimate of drug-likeness (QED) is 0.188. The summed E-state index contributed by atoms with van der Waals surface area (Å²) < 4.78 is 22.4. The van der Waals surface area contributed by atoms with Crippen molar-refractivity contribution in [3.8, 4) is 23.0 Å². The molecule has 1 saturated heterocycles. The summed E-state index contributed by atoms with van der Waals surface area (Å²) in [6.07, 6.45) is -0.0615. The maximum atomic E-state index is 13.4. The van der Waals surface area contributed by atoms with E-state index in [9.17, 15) is 14.7 Å². The number of Topliss-reactive ketones (excluding diaryl/α,β-unsaturated/α-hetero) is 1. The summed E-state index contributed by atoms with van der Waals surface area (Å²) >= 11 is 6.34. The minimum absolute atomic E-state index is 0.0615. The van der Waals surface area contributed by atoms with Gasteiger partial charge in [-0.1, -0.05) is 41.9 Å². The van der Waals surface area contributed by atoms with E-state index in [2.05, 4.69) is 0 Å². The van der Waals surface area contributed by atoms with Gasteiger partial charge in [-0.25, -0.2) is 0 Å². The van der Waals surface area contributed by atoms with E-state index in [4.69, 9.17) is 30.5 Å². The van der Waals surface area contributed by atoms with Gasteiger partial charge in [-0.2, -0.15) is 0 Å². The molecule has 204 valence electrons. The second kappa shape index (κ2) is 12.2. The first-order valence-corrected chi connectivity index (χ1v) is 12.8. The molecule has 1 N–H and O–H groups in total. The largest absolute Gasteiger partial charge is 0.507 e. The molecular formula is C30H30ClNO7. The first-order valence-electron chi connectivity index (χ1n) is 12.4. The van der Waals surface area contributed by atoms with Crippen molar-refractivity contribution < 1.29 is 33.6 Å². The Labute approximate surface area is 232 Å². The van der Waals surface area contributed by atoms with Crippen molar-refractivity contribution in [2.75, 3.05) is 27.4 Å². The van der Waals surface area contributed by atoms with Gasteiger partial charge in [0, 0.05) is 12.6 Å². The summed E-state index contributed by atoms with van der Waals surface area (Å²) in [7, 11) is 2.87. The van der Waals surface area contributed by atoms with E-state index in [0.717, 1.165) is 0 Å². The smallest absolute Gasteiger partial charge is 0.295 e. The maximum absolute atomic E-state index is 13.4. The second-order valence-electron chi connectivity index (χ2n) is 9.09. The number of aliphatic hydroxyl groups is 1. The average Bonchev–Trinajstić information content (AvgIpc) is 3.18. The number of halogens is 1. The molecule has 1 amide bonds. The van der Waals surface area contributed by atoms with E-state index < -0.39 is 23.5 Å². The monoisotopic (exact) mass is 551 g/mol. The number of rotatable bonds is 10. The molecule has 0 spiro atoms. The Morgan fingerprint density at radius 3 is 2.31 bits per heavy atom. The summed E-state index contributed by atoms with van der Waals surface area (Å²) in [5, 5.41) is 11.7. The van der Waals surface area contributed by atoms with Gasteiger partial charge in [-0.05, 0) is 49.7 Å². The third-order valence-corrected chi connectivity index (χ3v) is 6.50. The zero-order valence-corrected chi connectivity index (χ0v) is 22.9. The molecule has 1 aliphatic rings. The summed E-state index contributed by atoms with van der Waals surface area (Å²) in [6, 6.07) is 18.3. The lowest BCUT2D eigenvalue weighted by Gasteiger charge is -2.26. The number of likely N-dealkylation sites (tertiary alicyclic amines) is 1. The van der Waals surface area contributed by atoms with E-state index in [1.165, 1.54) is 31.3 Å². The Hall–Kier alpha value is -4.01. The molecule has 1 aliphatic heterocycles. The van der Waals surface area contributed by atoms with Crippen molar-refractivity contribution in [1.29, 1.82) is 0 Å². The van der Waals surface area contributed by atoms with Crippen molar-refractivity contribution in [1.82, 2.24) is 4.90 Å². The highest BCUT2D eigenvalue weighted by molar-refractivity contribution is 6.46. The zero-order valence-electron chi connectivity index (χ0n) is 22.1. The van der Waals surface area contributed by atoms with Crippen LogP contribution in [-0.2, 0) is 14.3 Å². The molecule has 3 aromatic carbocycles. The molecule has 9 heteroatoms. The van der Waals surface area contributed by atoms with Crippen molar-refractivity contribution in [2.45, 2.75) is 26.0 Å². The van der Waals surface area contributed by atoms with Crippen molar-refractivity contribution in [3.05, 3.63) is 88.5 Å². The Balaban J connectivity index is 1.84. The summed E-state index contributed by atoms with van der Waals surface area (Å²) in [5.74, 6) is -0.296. The fraction of sp³-hybridized carbons (Fsp3) is 0.267. The van der Waals surface area contributed by atoms with Crippen molar-refractivity contribution >= 4 is 29.1 Å². The van der Waals surface area contributed by atoms with Gasteiger partial charge in [0.1, 0.15) is 28.8 Å². The van der Waals surface area contributed by atoms with Gasteiger partial charge in [0.15, 0.2) is 0 Å². The predicted octanol–water partition coefficient (Wildman–Crippen LogP) is 6.00. The summed E-state index contributed by atoms with van der Waals surface area (Å²) in [4.78, 5) is 28.1. The van der Waals surface area contributed by atoms with Crippen LogP contribution in [-0.4, -0.2) is 55.2 Å². The van der Waals surface area contributed by atoms with E-state index in [0.29, 0.717) is 22.8 Å². The highest BCUT2D eigenvalue weighted by Gasteiger charge is 2.46. The molecule has 1 fully saturated rings. The average molecular weight is 552 g/mol. The van der Waals surface area contributed by atoms with Crippen LogP contribution in [0.3, 0.4) is 0 Å². The first kappa shape index (κ1) is 28.0. The van der Waals surface area contributed by atoms with E-state index in [-0.39, 0.29) is 41.2 Å². The molecule has 1 unspecified atom stereocenters. The third-order valence-electron chi connectivity index (χ3n) is 6.21. The summed E-state index contributed by atoms with van der Waals surface area (Å²) in [6.45, 7) is 4.11. The van der Waals surface area contributed by atoms with Gasteiger partial charge >= 0.3 is 0 Å². The minimum atomic E-state index is -0.911. The van der Waals surface area contributed by atoms with Gasteiger partial charge in [0.05, 0.1) is 49.1 Å². The Morgan fingerprint density at radius 1 is 0.949 bits per heavy atom. The number of ether oxygens (including phenoxy) is 4. The van der Waals surface area contributed by atoms with Crippen LogP contribution in [0.5, 0.6) is 23.0 Å². The van der Waals surface area contributed by atoms with Gasteiger partial charge in [0.2, 0.25) is 0 Å². The number of nitrogens with zero attached hydrogens (tertiary/aromatic N) is 1. The molecule has 0 aliphatic carbocycles. The molecule has 1 heterocycles. The number of ketones is 1. The number of hydrogen-bond acceptors (Lipinski definition) is 7. The number of para-hydroxylation sites is 1. The fourth-order valence-corrected chi connectivity index (χ4v) is 4.65. The van der Waals surface area contributed by atoms with Crippen LogP contribution in [0.15, 0.2) is 72.3 Å². The van der Waals surface area contributed by atoms with Crippen LogP contribution in [0.2, 0.25) is 5.02 Å². The molecule has 0 saturated carbocycles. The molecule has 0 radical (unpaired) electrons. The third kappa shape index (κ3) is 6.02. The zero-order chi connectivity index (χ0) is 28.1. The molecule has 8 nitrogen and oxygen atoms in total. The van der Waals surface area contributed by atoms with Crippen LogP contribution >= 0.6 is 11.6 Å². The maximum Gasteiger partial charge on any atom is 0.295 e. The second-order valence-corrected chi connectivity index (χ2v) is 9.49. The Kier molecular flexibility index (Phi) is 8.79. The lowest BCUT2D eigenvalue weighted by molar-refractivity contribution is -0.140. The minimum Gasteiger partial charge on any atom is -0.507 e. The van der Waals surface area contributed by atoms with Crippen LogP contribution in [0.1, 0.15) is 31.0 Å². The first-order chi connectivity index (χ1) is 18.7. The van der Waals surface area contributed by atoms with Gasteiger partial charge < -0.3 is 29.0 Å². The SMILES string of the molecule is COc1cc(OC)c(/C(O)=C2\C(=O)C(=O)N(CCOC(C)C)C2c2cccc(Oc3ccccc3)c2)cc1Cl. The van der Waals surface area contributed by atoms with E-state index in [1.807, 2.05) is 44.2 Å². The molecule has 3 aromatic rings. The standard InChI is InChI=1S/C30H30ClNO7/c1-18(2)38-14-13-32-27(19-9-8-12-21(15-19)39-20-10-6-5-7-11-20)26(29(34)30(32)35)28(33)22-16-23(31)25(37-4)17-24(22)36-3/h5-12,15-18,27,33H,13-14H2,1-4H3/b28-26+.